The predicted molar refractivity (Wildman–Crippen MR) is 153 cm³/mol. The number of β-amino-alcohol motifs (C(OH)–C–C–N with tert-alkyl or cyclic N) is 1. The molecule has 0 radical (unpaired) electrons. The molecule has 2 aromatic carbocycles. The van der Waals surface area contributed by atoms with Crippen LogP contribution in [0.3, 0.4) is 0 Å². The third kappa shape index (κ3) is 5.30. The van der Waals surface area contributed by atoms with Crippen molar-refractivity contribution in [2.75, 3.05) is 37.6 Å². The number of rotatable bonds is 7. The zero-order valence-corrected chi connectivity index (χ0v) is 22.3. The Morgan fingerprint density at radius 1 is 0.974 bits per heavy atom. The van der Waals surface area contributed by atoms with Crippen molar-refractivity contribution in [2.24, 2.45) is 0 Å². The van der Waals surface area contributed by atoms with Gasteiger partial charge >= 0.3 is 0 Å². The first-order valence-corrected chi connectivity index (χ1v) is 13.4. The van der Waals surface area contributed by atoms with Gasteiger partial charge in [0.25, 0.3) is 0 Å². The molecule has 1 aliphatic heterocycles. The van der Waals surface area contributed by atoms with E-state index in [4.69, 9.17) is 4.98 Å². The number of hydrogen-bond acceptors (Lipinski definition) is 5. The molecule has 2 N–H and O–H groups in total. The molecule has 1 atom stereocenters. The summed E-state index contributed by atoms with van der Waals surface area (Å²) in [7, 11) is 0. The van der Waals surface area contributed by atoms with Gasteiger partial charge in [0.2, 0.25) is 0 Å². The Morgan fingerprint density at radius 2 is 1.77 bits per heavy atom. The number of aromatic nitrogens is 4. The second-order valence-corrected chi connectivity index (χ2v) is 10.4. The Balaban J connectivity index is 1.22. The number of hydrogen-bond donors (Lipinski definition) is 2. The van der Waals surface area contributed by atoms with Crippen molar-refractivity contribution in [3.63, 3.8) is 0 Å². The lowest BCUT2D eigenvalue weighted by molar-refractivity contribution is 0.123. The minimum absolute atomic E-state index is 0.240. The lowest BCUT2D eigenvalue weighted by Crippen LogP contribution is -2.48. The summed E-state index contributed by atoms with van der Waals surface area (Å²) in [5, 5.41) is 15.3. The highest BCUT2D eigenvalue weighted by atomic mass is 19.1. The maximum absolute atomic E-state index is 13.7. The lowest BCUT2D eigenvalue weighted by atomic mass is 10.0. The van der Waals surface area contributed by atoms with Gasteiger partial charge in [0.15, 0.2) is 0 Å². The van der Waals surface area contributed by atoms with Crippen LogP contribution in [0.25, 0.3) is 33.3 Å². The Hall–Kier alpha value is -4.01. The van der Waals surface area contributed by atoms with Gasteiger partial charge in [-0.3, -0.25) is 9.58 Å². The van der Waals surface area contributed by atoms with E-state index in [0.717, 1.165) is 77.3 Å². The Kier molecular flexibility index (Phi) is 6.89. The predicted octanol–water partition coefficient (Wildman–Crippen LogP) is 5.09. The normalized spacial score (nSPS) is 15.2. The quantitative estimate of drug-likeness (QED) is 0.310. The van der Waals surface area contributed by atoms with Gasteiger partial charge in [0.1, 0.15) is 11.5 Å². The minimum atomic E-state index is -0.289. The van der Waals surface area contributed by atoms with E-state index in [1.807, 2.05) is 43.2 Å². The van der Waals surface area contributed by atoms with Crippen molar-refractivity contribution >= 4 is 16.7 Å². The van der Waals surface area contributed by atoms with Crippen LogP contribution < -0.4 is 4.90 Å². The number of H-pyrrole nitrogens is 1. The van der Waals surface area contributed by atoms with Gasteiger partial charge in [-0.15, -0.1) is 0 Å². The van der Waals surface area contributed by atoms with Gasteiger partial charge in [0.05, 0.1) is 18.8 Å². The number of nitrogens with zero attached hydrogens (tertiary/aromatic N) is 5. The number of fused-ring (bicyclic) bond motifs is 1. The Labute approximate surface area is 227 Å². The first kappa shape index (κ1) is 25.3. The average Bonchev–Trinajstić information content (AvgIpc) is 3.51. The highest BCUT2D eigenvalue weighted by Crippen LogP contribution is 2.33. The number of aliphatic hydroxyl groups excluding tert-OH is 1. The van der Waals surface area contributed by atoms with E-state index in [9.17, 15) is 9.50 Å². The van der Waals surface area contributed by atoms with Crippen molar-refractivity contribution in [3.05, 3.63) is 90.3 Å². The van der Waals surface area contributed by atoms with E-state index >= 15 is 0 Å². The van der Waals surface area contributed by atoms with E-state index in [-0.39, 0.29) is 11.9 Å². The van der Waals surface area contributed by atoms with Crippen LogP contribution in [0, 0.1) is 12.7 Å². The van der Waals surface area contributed by atoms with Gasteiger partial charge in [-0.2, -0.15) is 5.10 Å². The van der Waals surface area contributed by atoms with Crippen molar-refractivity contribution < 1.29 is 9.50 Å². The number of aliphatic hydroxyl groups is 1. The molecule has 0 spiro atoms. The molecule has 8 heteroatoms. The molecule has 5 aromatic rings. The molecule has 39 heavy (non-hydrogen) atoms. The highest BCUT2D eigenvalue weighted by Gasteiger charge is 2.19. The molecule has 200 valence electrons. The topological polar surface area (TPSA) is 73.2 Å². The van der Waals surface area contributed by atoms with Gasteiger partial charge < -0.3 is 15.0 Å². The molecule has 0 bridgehead atoms. The van der Waals surface area contributed by atoms with Crippen LogP contribution in [0.15, 0.2) is 73.2 Å². The number of anilines is 1. The number of piperazine rings is 1. The third-order valence-electron chi connectivity index (χ3n) is 7.61. The molecular weight excluding hydrogens is 491 g/mol. The molecule has 1 unspecified atom stereocenters. The molecule has 0 saturated carbocycles. The Morgan fingerprint density at radius 3 is 2.51 bits per heavy atom. The van der Waals surface area contributed by atoms with E-state index in [0.29, 0.717) is 6.54 Å². The summed E-state index contributed by atoms with van der Waals surface area (Å²) < 4.78 is 15.6. The van der Waals surface area contributed by atoms with Gasteiger partial charge in [-0.1, -0.05) is 24.3 Å². The zero-order chi connectivity index (χ0) is 26.9. The van der Waals surface area contributed by atoms with Crippen LogP contribution in [-0.4, -0.2) is 68.6 Å². The summed E-state index contributed by atoms with van der Waals surface area (Å²) in [6, 6.07) is 17.5. The second-order valence-electron chi connectivity index (χ2n) is 10.4. The molecule has 0 amide bonds. The van der Waals surface area contributed by atoms with Gasteiger partial charge in [-0.05, 0) is 55.3 Å². The molecule has 7 nitrogen and oxygen atoms in total. The van der Waals surface area contributed by atoms with Crippen molar-refractivity contribution in [1.29, 1.82) is 0 Å². The number of nitrogens with one attached hydrogen (secondary N) is 1. The largest absolute Gasteiger partial charge is 0.392 e. The first-order valence-electron chi connectivity index (χ1n) is 13.4. The third-order valence-corrected chi connectivity index (χ3v) is 7.61. The van der Waals surface area contributed by atoms with Crippen molar-refractivity contribution in [1.82, 2.24) is 24.6 Å². The fourth-order valence-electron chi connectivity index (χ4n) is 5.49. The zero-order valence-electron chi connectivity index (χ0n) is 22.3. The second kappa shape index (κ2) is 10.6. The van der Waals surface area contributed by atoms with Gasteiger partial charge in [0, 0.05) is 78.6 Å². The monoisotopic (exact) mass is 524 g/mol. The summed E-state index contributed by atoms with van der Waals surface area (Å²) in [6.45, 7) is 8.96. The standard InChI is InChI=1S/C31H33FN6O/c1-21(39)19-36-10-12-37(13-11-36)27-8-6-24(7-9-27)25-15-28-30(17-34-31(28)33-16-25)29-18-35-38(22(29)2)20-23-4-3-5-26(32)14-23/h3-9,14-18,21,39H,10-13,19-20H2,1-2H3,(H,33,34). The van der Waals surface area contributed by atoms with E-state index in [2.05, 4.69) is 50.2 Å². The first-order chi connectivity index (χ1) is 18.9. The fourth-order valence-corrected chi connectivity index (χ4v) is 5.49. The summed E-state index contributed by atoms with van der Waals surface area (Å²) in [5.74, 6) is -0.240. The average molecular weight is 525 g/mol. The number of benzene rings is 2. The number of pyridine rings is 1. The maximum atomic E-state index is 13.7. The highest BCUT2D eigenvalue weighted by molar-refractivity contribution is 5.96. The van der Waals surface area contributed by atoms with Crippen molar-refractivity contribution in [2.45, 2.75) is 26.5 Å². The van der Waals surface area contributed by atoms with Crippen LogP contribution in [0.5, 0.6) is 0 Å². The lowest BCUT2D eigenvalue weighted by Gasteiger charge is -2.36. The molecular formula is C31H33FN6O. The summed E-state index contributed by atoms with van der Waals surface area (Å²) >= 11 is 0. The van der Waals surface area contributed by atoms with Crippen LogP contribution in [0.2, 0.25) is 0 Å². The van der Waals surface area contributed by atoms with Gasteiger partial charge in [-0.25, -0.2) is 9.37 Å². The Bertz CT molecular complexity index is 1580. The van der Waals surface area contributed by atoms with Crippen LogP contribution in [0.4, 0.5) is 10.1 Å². The summed E-state index contributed by atoms with van der Waals surface area (Å²) in [6.07, 6.45) is 5.48. The molecule has 4 heterocycles. The smallest absolute Gasteiger partial charge is 0.137 e. The summed E-state index contributed by atoms with van der Waals surface area (Å²) in [4.78, 5) is 12.7. The van der Waals surface area contributed by atoms with Crippen molar-refractivity contribution in [3.8, 4) is 22.3 Å². The molecule has 3 aromatic heterocycles. The number of aromatic amines is 1. The van der Waals surface area contributed by atoms with Crippen LogP contribution in [0.1, 0.15) is 18.2 Å². The fraction of sp³-hybridized carbons (Fsp3) is 0.290. The van der Waals surface area contributed by atoms with E-state index < -0.39 is 0 Å². The molecule has 1 fully saturated rings. The van der Waals surface area contributed by atoms with E-state index in [1.54, 1.807) is 12.1 Å². The number of halogens is 1. The summed E-state index contributed by atoms with van der Waals surface area (Å²) in [5.41, 5.74) is 8.19. The SMILES string of the molecule is Cc1c(-c2c[nH]c3ncc(-c4ccc(N5CCN(CC(C)O)CC5)cc4)cc23)cnn1Cc1cccc(F)c1. The van der Waals surface area contributed by atoms with Crippen LogP contribution >= 0.6 is 0 Å². The molecule has 1 saturated heterocycles. The maximum Gasteiger partial charge on any atom is 0.137 e. The van der Waals surface area contributed by atoms with Crippen LogP contribution in [-0.2, 0) is 6.54 Å². The van der Waals surface area contributed by atoms with E-state index in [1.165, 1.54) is 11.8 Å². The molecule has 1 aliphatic rings. The molecule has 6 rings (SSSR count). The molecule has 0 aliphatic carbocycles. The minimum Gasteiger partial charge on any atom is -0.392 e.